The van der Waals surface area contributed by atoms with Crippen molar-refractivity contribution in [3.8, 4) is 5.13 Å². The van der Waals surface area contributed by atoms with Gasteiger partial charge in [-0.25, -0.2) is 0 Å². The summed E-state index contributed by atoms with van der Waals surface area (Å²) in [7, 11) is 0. The molecule has 0 spiro atoms. The fourth-order valence-corrected chi connectivity index (χ4v) is 2.17. The third-order valence-electron chi connectivity index (χ3n) is 2.37. The van der Waals surface area contributed by atoms with Gasteiger partial charge in [0.05, 0.1) is 5.69 Å². The average Bonchev–Trinajstić information content (AvgIpc) is 2.91. The highest BCUT2D eigenvalue weighted by Gasteiger charge is 2.15. The molecule has 0 atom stereocenters. The predicted octanol–water partition coefficient (Wildman–Crippen LogP) is 1.58. The lowest BCUT2D eigenvalue weighted by Crippen LogP contribution is -2.03. The Morgan fingerprint density at radius 3 is 2.76 bits per heavy atom. The summed E-state index contributed by atoms with van der Waals surface area (Å²) in [6.45, 7) is 3.98. The third-order valence-corrected chi connectivity index (χ3v) is 3.18. The minimum absolute atomic E-state index is 0.395. The Morgan fingerprint density at radius 1 is 1.35 bits per heavy atom. The highest BCUT2D eigenvalue weighted by atomic mass is 32.1. The van der Waals surface area contributed by atoms with E-state index in [0.29, 0.717) is 10.8 Å². The summed E-state index contributed by atoms with van der Waals surface area (Å²) in [5.74, 6) is 0. The third kappa shape index (κ3) is 2.38. The van der Waals surface area contributed by atoms with Crippen molar-refractivity contribution in [2.75, 3.05) is 0 Å². The number of hydrogen-bond donors (Lipinski definition) is 0. The van der Waals surface area contributed by atoms with Crippen LogP contribution in [-0.4, -0.2) is 31.5 Å². The number of unbranched alkanes of at least 4 members (excludes halogenated alkanes) is 1. The Labute approximate surface area is 103 Å². The van der Waals surface area contributed by atoms with Crippen molar-refractivity contribution >= 4 is 17.6 Å². The molecule has 17 heavy (non-hydrogen) atoms. The molecule has 0 unspecified atom stereocenters. The lowest BCUT2D eigenvalue weighted by Gasteiger charge is -2.01. The van der Waals surface area contributed by atoms with E-state index in [1.807, 2.05) is 6.92 Å². The largest absolute Gasteiger partial charge is 0.296 e. The first-order valence-electron chi connectivity index (χ1n) is 5.46. The summed E-state index contributed by atoms with van der Waals surface area (Å²) in [6, 6.07) is 0. The van der Waals surface area contributed by atoms with Gasteiger partial charge in [-0.15, -0.1) is 15.3 Å². The average molecular weight is 251 g/mol. The molecule has 2 heterocycles. The van der Waals surface area contributed by atoms with Gasteiger partial charge in [0.15, 0.2) is 6.29 Å². The van der Waals surface area contributed by atoms with Crippen LogP contribution in [0.2, 0.25) is 0 Å². The van der Waals surface area contributed by atoms with E-state index in [1.165, 1.54) is 11.3 Å². The van der Waals surface area contributed by atoms with E-state index in [0.717, 1.165) is 36.3 Å². The van der Waals surface area contributed by atoms with Crippen molar-refractivity contribution in [2.45, 2.75) is 33.1 Å². The molecule has 7 heteroatoms. The maximum absolute atomic E-state index is 10.9. The van der Waals surface area contributed by atoms with Crippen LogP contribution in [0.5, 0.6) is 0 Å². The first kappa shape index (κ1) is 11.8. The molecule has 0 aliphatic rings. The predicted molar refractivity (Wildman–Crippen MR) is 63.6 cm³/mol. The Hall–Kier alpha value is -1.63. The zero-order chi connectivity index (χ0) is 12.3. The van der Waals surface area contributed by atoms with Gasteiger partial charge in [-0.1, -0.05) is 29.9 Å². The minimum Gasteiger partial charge on any atom is -0.296 e. The van der Waals surface area contributed by atoms with E-state index < -0.39 is 0 Å². The molecule has 0 aliphatic carbocycles. The van der Waals surface area contributed by atoms with Gasteiger partial charge in [-0.05, 0) is 19.8 Å². The molecular weight excluding hydrogens is 238 g/mol. The molecule has 2 rings (SSSR count). The number of rotatable bonds is 5. The van der Waals surface area contributed by atoms with Gasteiger partial charge in [0.1, 0.15) is 10.7 Å². The summed E-state index contributed by atoms with van der Waals surface area (Å²) in [4.78, 5) is 10.9. The molecule has 2 aromatic rings. The van der Waals surface area contributed by atoms with Gasteiger partial charge in [0.25, 0.3) is 0 Å². The zero-order valence-electron chi connectivity index (χ0n) is 9.75. The number of carbonyl (C=O) groups excluding carboxylic acids is 1. The minimum atomic E-state index is 0.395. The fourth-order valence-electron chi connectivity index (χ4n) is 1.51. The SMILES string of the molecule is CCCCc1c(C=O)nnn1-c1nnc(C)s1. The number of carbonyl (C=O) groups is 1. The number of hydrogen-bond acceptors (Lipinski definition) is 6. The normalized spacial score (nSPS) is 10.7. The summed E-state index contributed by atoms with van der Waals surface area (Å²) >= 11 is 1.43. The molecule has 0 bridgehead atoms. The second kappa shape index (κ2) is 5.13. The number of nitrogens with zero attached hydrogens (tertiary/aromatic N) is 5. The Morgan fingerprint density at radius 2 is 2.18 bits per heavy atom. The van der Waals surface area contributed by atoms with Gasteiger partial charge >= 0.3 is 0 Å². The summed E-state index contributed by atoms with van der Waals surface area (Å²) in [5.41, 5.74) is 1.21. The van der Waals surface area contributed by atoms with E-state index in [2.05, 4.69) is 27.4 Å². The molecule has 0 aliphatic heterocycles. The van der Waals surface area contributed by atoms with Crippen molar-refractivity contribution in [1.82, 2.24) is 25.2 Å². The second-order valence-electron chi connectivity index (χ2n) is 3.66. The molecule has 0 radical (unpaired) electrons. The van der Waals surface area contributed by atoms with Crippen molar-refractivity contribution < 1.29 is 4.79 Å². The topological polar surface area (TPSA) is 73.6 Å². The molecular formula is C10H13N5OS. The van der Waals surface area contributed by atoms with Crippen molar-refractivity contribution in [1.29, 1.82) is 0 Å². The molecule has 0 aromatic carbocycles. The number of aldehydes is 1. The van der Waals surface area contributed by atoms with E-state index >= 15 is 0 Å². The summed E-state index contributed by atoms with van der Waals surface area (Å²) < 4.78 is 1.62. The Kier molecular flexibility index (Phi) is 3.58. The fraction of sp³-hybridized carbons (Fsp3) is 0.500. The summed E-state index contributed by atoms with van der Waals surface area (Å²) in [5, 5.41) is 17.3. The van der Waals surface area contributed by atoms with Crippen molar-refractivity contribution in [2.24, 2.45) is 0 Å². The second-order valence-corrected chi connectivity index (χ2v) is 4.82. The maximum atomic E-state index is 10.9. The van der Waals surface area contributed by atoms with E-state index in [9.17, 15) is 4.79 Å². The van der Waals surface area contributed by atoms with Crippen LogP contribution in [-0.2, 0) is 6.42 Å². The Bertz CT molecular complexity index is 518. The molecule has 0 amide bonds. The lowest BCUT2D eigenvalue weighted by atomic mass is 10.2. The summed E-state index contributed by atoms with van der Waals surface area (Å²) in [6.07, 6.45) is 3.56. The van der Waals surface area contributed by atoms with Crippen LogP contribution in [0.1, 0.15) is 41.0 Å². The van der Waals surface area contributed by atoms with E-state index in [-0.39, 0.29) is 0 Å². The molecule has 90 valence electrons. The van der Waals surface area contributed by atoms with Gasteiger partial charge in [-0.3, -0.25) is 4.79 Å². The monoisotopic (exact) mass is 251 g/mol. The quantitative estimate of drug-likeness (QED) is 0.754. The van der Waals surface area contributed by atoms with Crippen LogP contribution in [0.3, 0.4) is 0 Å². The van der Waals surface area contributed by atoms with Gasteiger partial charge < -0.3 is 0 Å². The van der Waals surface area contributed by atoms with Crippen LogP contribution >= 0.6 is 11.3 Å². The molecule has 2 aromatic heterocycles. The maximum Gasteiger partial charge on any atom is 0.234 e. The number of aromatic nitrogens is 5. The first-order valence-corrected chi connectivity index (χ1v) is 6.28. The molecule has 0 saturated heterocycles. The smallest absolute Gasteiger partial charge is 0.234 e. The highest BCUT2D eigenvalue weighted by Crippen LogP contribution is 2.17. The molecule has 0 saturated carbocycles. The molecule has 6 nitrogen and oxygen atoms in total. The van der Waals surface area contributed by atoms with Gasteiger partial charge in [0.2, 0.25) is 5.13 Å². The highest BCUT2D eigenvalue weighted by molar-refractivity contribution is 7.13. The molecule has 0 fully saturated rings. The Balaban J connectivity index is 2.39. The van der Waals surface area contributed by atoms with Crippen LogP contribution in [0.25, 0.3) is 5.13 Å². The van der Waals surface area contributed by atoms with Crippen molar-refractivity contribution in [3.05, 3.63) is 16.4 Å². The lowest BCUT2D eigenvalue weighted by molar-refractivity contribution is 0.111. The first-order chi connectivity index (χ1) is 8.26. The van der Waals surface area contributed by atoms with Crippen molar-refractivity contribution in [3.63, 3.8) is 0 Å². The van der Waals surface area contributed by atoms with E-state index in [4.69, 9.17) is 0 Å². The number of aryl methyl sites for hydroxylation is 1. The van der Waals surface area contributed by atoms with Crippen LogP contribution in [0, 0.1) is 6.92 Å². The zero-order valence-corrected chi connectivity index (χ0v) is 10.6. The van der Waals surface area contributed by atoms with Crippen LogP contribution < -0.4 is 0 Å². The standard InChI is InChI=1S/C10H13N5OS/c1-3-4-5-9-8(6-16)12-14-15(9)10-13-11-7(2)17-10/h6H,3-5H2,1-2H3. The van der Waals surface area contributed by atoms with E-state index in [1.54, 1.807) is 4.68 Å². The van der Waals surface area contributed by atoms with Gasteiger partial charge in [0, 0.05) is 0 Å². The molecule has 0 N–H and O–H groups in total. The van der Waals surface area contributed by atoms with Crippen LogP contribution in [0.4, 0.5) is 0 Å². The van der Waals surface area contributed by atoms with Gasteiger partial charge in [-0.2, -0.15) is 4.68 Å². The van der Waals surface area contributed by atoms with Crippen LogP contribution in [0.15, 0.2) is 0 Å².